The van der Waals surface area contributed by atoms with Gasteiger partial charge in [-0.05, 0) is 19.1 Å². The van der Waals surface area contributed by atoms with Gasteiger partial charge in [-0.15, -0.1) is 0 Å². The van der Waals surface area contributed by atoms with E-state index in [4.69, 9.17) is 4.74 Å². The van der Waals surface area contributed by atoms with Gasteiger partial charge in [0.15, 0.2) is 12.4 Å². The molecule has 0 bridgehead atoms. The minimum atomic E-state index is -0.198. The molecule has 88 valence electrons. The third-order valence-electron chi connectivity index (χ3n) is 2.57. The second kappa shape index (κ2) is 4.82. The third kappa shape index (κ3) is 2.36. The molecule has 1 aromatic heterocycles. The standard InChI is InChI=1S/C13H14N2O2/c1-10(13-14-7-8-15(13)2)17-12-6-4-3-5-11(12)9-16/h3-10H,1-2H3. The van der Waals surface area contributed by atoms with E-state index >= 15 is 0 Å². The van der Waals surface area contributed by atoms with E-state index < -0.39 is 0 Å². The molecule has 1 aromatic carbocycles. The molecule has 0 saturated carbocycles. The molecule has 4 nitrogen and oxygen atoms in total. The number of benzene rings is 1. The molecule has 0 radical (unpaired) electrons. The summed E-state index contributed by atoms with van der Waals surface area (Å²) in [7, 11) is 1.91. The number of aromatic nitrogens is 2. The van der Waals surface area contributed by atoms with Gasteiger partial charge in [-0.25, -0.2) is 4.98 Å². The first kappa shape index (κ1) is 11.4. The number of hydrogen-bond acceptors (Lipinski definition) is 3. The van der Waals surface area contributed by atoms with Gasteiger partial charge in [0.2, 0.25) is 0 Å². The van der Waals surface area contributed by atoms with Crippen LogP contribution in [0.2, 0.25) is 0 Å². The largest absolute Gasteiger partial charge is 0.482 e. The molecule has 1 atom stereocenters. The van der Waals surface area contributed by atoms with E-state index in [0.717, 1.165) is 12.1 Å². The van der Waals surface area contributed by atoms with Crippen LogP contribution in [0.15, 0.2) is 36.7 Å². The highest BCUT2D eigenvalue weighted by atomic mass is 16.5. The van der Waals surface area contributed by atoms with Crippen LogP contribution >= 0.6 is 0 Å². The number of hydrogen-bond donors (Lipinski definition) is 0. The Hall–Kier alpha value is -2.10. The quantitative estimate of drug-likeness (QED) is 0.757. The summed E-state index contributed by atoms with van der Waals surface area (Å²) in [4.78, 5) is 15.1. The first-order valence-corrected chi connectivity index (χ1v) is 5.40. The molecule has 0 saturated heterocycles. The summed E-state index contributed by atoms with van der Waals surface area (Å²) >= 11 is 0. The van der Waals surface area contributed by atoms with Crippen molar-refractivity contribution in [1.82, 2.24) is 9.55 Å². The lowest BCUT2D eigenvalue weighted by molar-refractivity contribution is 0.111. The Kier molecular flexibility index (Phi) is 3.23. The highest BCUT2D eigenvalue weighted by Gasteiger charge is 2.13. The number of carbonyl (C=O) groups is 1. The number of carbonyl (C=O) groups excluding carboxylic acids is 1. The van der Waals surface area contributed by atoms with Crippen LogP contribution in [-0.4, -0.2) is 15.8 Å². The molecular weight excluding hydrogens is 216 g/mol. The van der Waals surface area contributed by atoms with Crippen LogP contribution in [0, 0.1) is 0 Å². The molecule has 0 aliphatic carbocycles. The topological polar surface area (TPSA) is 44.1 Å². The smallest absolute Gasteiger partial charge is 0.153 e. The van der Waals surface area contributed by atoms with Crippen molar-refractivity contribution < 1.29 is 9.53 Å². The molecule has 1 unspecified atom stereocenters. The minimum absolute atomic E-state index is 0.198. The molecule has 1 heterocycles. The zero-order chi connectivity index (χ0) is 12.3. The first-order valence-electron chi connectivity index (χ1n) is 5.40. The van der Waals surface area contributed by atoms with E-state index in [2.05, 4.69) is 4.98 Å². The Morgan fingerprint density at radius 1 is 1.41 bits per heavy atom. The van der Waals surface area contributed by atoms with Gasteiger partial charge in [0.25, 0.3) is 0 Å². The highest BCUT2D eigenvalue weighted by molar-refractivity contribution is 5.79. The SMILES string of the molecule is CC(Oc1ccccc1C=O)c1nccn1C. The molecule has 0 spiro atoms. The fourth-order valence-corrected chi connectivity index (χ4v) is 1.70. The van der Waals surface area contributed by atoms with Crippen molar-refractivity contribution in [3.63, 3.8) is 0 Å². The minimum Gasteiger partial charge on any atom is -0.482 e. The van der Waals surface area contributed by atoms with Crippen molar-refractivity contribution in [3.8, 4) is 5.75 Å². The van der Waals surface area contributed by atoms with E-state index in [1.807, 2.05) is 36.9 Å². The van der Waals surface area contributed by atoms with E-state index in [1.165, 1.54) is 0 Å². The monoisotopic (exact) mass is 230 g/mol. The molecule has 0 fully saturated rings. The molecule has 0 aliphatic heterocycles. The van der Waals surface area contributed by atoms with Crippen molar-refractivity contribution in [3.05, 3.63) is 48.0 Å². The van der Waals surface area contributed by atoms with Gasteiger partial charge in [0, 0.05) is 19.4 Å². The molecule has 0 amide bonds. The number of nitrogens with zero attached hydrogens (tertiary/aromatic N) is 2. The van der Waals surface area contributed by atoms with E-state index in [-0.39, 0.29) is 6.10 Å². The van der Waals surface area contributed by atoms with Gasteiger partial charge in [0.05, 0.1) is 5.56 Å². The Morgan fingerprint density at radius 2 is 2.18 bits per heavy atom. The lowest BCUT2D eigenvalue weighted by Gasteiger charge is -2.15. The number of ether oxygens (including phenoxy) is 1. The van der Waals surface area contributed by atoms with Crippen molar-refractivity contribution >= 4 is 6.29 Å². The second-order valence-electron chi connectivity index (χ2n) is 3.81. The molecule has 2 rings (SSSR count). The summed E-state index contributed by atoms with van der Waals surface area (Å²) in [5, 5.41) is 0. The number of imidazole rings is 1. The Labute approximate surface area is 99.9 Å². The fourth-order valence-electron chi connectivity index (χ4n) is 1.70. The summed E-state index contributed by atoms with van der Waals surface area (Å²) in [6.07, 6.45) is 4.18. The fraction of sp³-hybridized carbons (Fsp3) is 0.231. The van der Waals surface area contributed by atoms with Crippen molar-refractivity contribution in [2.75, 3.05) is 0 Å². The normalized spacial score (nSPS) is 12.1. The number of aldehydes is 1. The number of aryl methyl sites for hydroxylation is 1. The Bertz CT molecular complexity index is 520. The molecule has 0 aliphatic rings. The summed E-state index contributed by atoms with van der Waals surface area (Å²) in [5.41, 5.74) is 0.550. The van der Waals surface area contributed by atoms with Crippen LogP contribution in [0.1, 0.15) is 29.2 Å². The number of rotatable bonds is 4. The summed E-state index contributed by atoms with van der Waals surface area (Å²) in [6, 6.07) is 7.16. The summed E-state index contributed by atoms with van der Waals surface area (Å²) in [6.45, 7) is 1.91. The average Bonchev–Trinajstić information content (AvgIpc) is 2.76. The maximum Gasteiger partial charge on any atom is 0.153 e. The highest BCUT2D eigenvalue weighted by Crippen LogP contribution is 2.22. The van der Waals surface area contributed by atoms with Crippen LogP contribution in [0.25, 0.3) is 0 Å². The van der Waals surface area contributed by atoms with Crippen LogP contribution in [0.3, 0.4) is 0 Å². The molecule has 17 heavy (non-hydrogen) atoms. The summed E-state index contributed by atoms with van der Waals surface area (Å²) < 4.78 is 7.64. The van der Waals surface area contributed by atoms with Gasteiger partial charge in [-0.2, -0.15) is 0 Å². The molecule has 2 aromatic rings. The van der Waals surface area contributed by atoms with Crippen molar-refractivity contribution in [2.45, 2.75) is 13.0 Å². The third-order valence-corrected chi connectivity index (χ3v) is 2.57. The predicted molar refractivity (Wildman–Crippen MR) is 64.1 cm³/mol. The van der Waals surface area contributed by atoms with Gasteiger partial charge in [-0.3, -0.25) is 4.79 Å². The average molecular weight is 230 g/mol. The molecular formula is C13H14N2O2. The van der Waals surface area contributed by atoms with Gasteiger partial charge >= 0.3 is 0 Å². The van der Waals surface area contributed by atoms with Crippen LogP contribution in [0.5, 0.6) is 5.75 Å². The van der Waals surface area contributed by atoms with E-state index in [9.17, 15) is 4.79 Å². The van der Waals surface area contributed by atoms with E-state index in [0.29, 0.717) is 11.3 Å². The molecule has 4 heteroatoms. The number of para-hydroxylation sites is 1. The van der Waals surface area contributed by atoms with Gasteiger partial charge in [-0.1, -0.05) is 12.1 Å². The molecule has 0 N–H and O–H groups in total. The lowest BCUT2D eigenvalue weighted by Crippen LogP contribution is -2.10. The van der Waals surface area contributed by atoms with Gasteiger partial charge in [0.1, 0.15) is 11.6 Å². The maximum atomic E-state index is 10.9. The van der Waals surface area contributed by atoms with E-state index in [1.54, 1.807) is 18.3 Å². The lowest BCUT2D eigenvalue weighted by atomic mass is 10.2. The van der Waals surface area contributed by atoms with Crippen LogP contribution < -0.4 is 4.74 Å². The van der Waals surface area contributed by atoms with Crippen molar-refractivity contribution in [2.24, 2.45) is 7.05 Å². The van der Waals surface area contributed by atoms with Crippen LogP contribution in [-0.2, 0) is 7.05 Å². The second-order valence-corrected chi connectivity index (χ2v) is 3.81. The zero-order valence-electron chi connectivity index (χ0n) is 9.83. The van der Waals surface area contributed by atoms with Crippen molar-refractivity contribution in [1.29, 1.82) is 0 Å². The maximum absolute atomic E-state index is 10.9. The zero-order valence-corrected chi connectivity index (χ0v) is 9.83. The Balaban J connectivity index is 2.21. The Morgan fingerprint density at radius 3 is 2.82 bits per heavy atom. The summed E-state index contributed by atoms with van der Waals surface area (Å²) in [5.74, 6) is 1.41. The van der Waals surface area contributed by atoms with Crippen LogP contribution in [0.4, 0.5) is 0 Å². The van der Waals surface area contributed by atoms with Gasteiger partial charge < -0.3 is 9.30 Å². The first-order chi connectivity index (χ1) is 8.22. The predicted octanol–water partition coefficient (Wildman–Crippen LogP) is 2.37.